The van der Waals surface area contributed by atoms with Gasteiger partial charge in [-0.25, -0.2) is 0 Å². The van der Waals surface area contributed by atoms with Crippen LogP contribution in [-0.4, -0.2) is 21.2 Å². The maximum atomic E-state index is 5.40. The van der Waals surface area contributed by atoms with E-state index in [1.807, 2.05) is 44.1 Å². The summed E-state index contributed by atoms with van der Waals surface area (Å²) < 4.78 is 5.40. The summed E-state index contributed by atoms with van der Waals surface area (Å²) in [7, 11) is 5.69. The molecule has 0 aromatic heterocycles. The molecule has 0 saturated heterocycles. The van der Waals surface area contributed by atoms with Crippen molar-refractivity contribution < 1.29 is 4.74 Å². The maximum Gasteiger partial charge on any atom is 0.149 e. The van der Waals surface area contributed by atoms with Crippen LogP contribution in [-0.2, 0) is 0 Å². The van der Waals surface area contributed by atoms with Crippen LogP contribution in [0.2, 0.25) is 0 Å². The number of nitrogens with zero attached hydrogens (tertiary/aromatic N) is 1. The van der Waals surface area contributed by atoms with E-state index in [0.717, 1.165) is 22.6 Å². The third-order valence-electron chi connectivity index (χ3n) is 2.14. The van der Waals surface area contributed by atoms with Crippen LogP contribution in [0, 0.1) is 0 Å². The van der Waals surface area contributed by atoms with Crippen LogP contribution in [0.4, 0.5) is 5.69 Å². The molecule has 0 atom stereocenters. The Hall–Kier alpha value is -1.44. The minimum absolute atomic E-state index is 0.894. The lowest BCUT2D eigenvalue weighted by molar-refractivity contribution is 0.414. The lowest BCUT2D eigenvalue weighted by Crippen LogP contribution is -2.10. The maximum absolute atomic E-state index is 5.40. The Balaban J connectivity index is 3.32. The molecule has 0 radical (unpaired) electrons. The molecule has 0 saturated carbocycles. The third kappa shape index (κ3) is 1.90. The monoisotopic (exact) mass is 191 g/mol. The van der Waals surface area contributed by atoms with E-state index >= 15 is 0 Å². The van der Waals surface area contributed by atoms with E-state index in [9.17, 15) is 0 Å². The number of rotatable bonds is 3. The van der Waals surface area contributed by atoms with Crippen molar-refractivity contribution in [3.63, 3.8) is 0 Å². The average Bonchev–Trinajstić information content (AvgIpc) is 2.16. The summed E-state index contributed by atoms with van der Waals surface area (Å²) >= 11 is 0. The molecular weight excluding hydrogens is 174 g/mol. The first kappa shape index (κ1) is 10.6. The molecule has 1 aromatic carbocycles. The highest BCUT2D eigenvalue weighted by molar-refractivity contribution is 5.75. The van der Waals surface area contributed by atoms with E-state index in [4.69, 9.17) is 4.74 Å². The predicted molar refractivity (Wildman–Crippen MR) is 62.0 cm³/mol. The van der Waals surface area contributed by atoms with Gasteiger partial charge in [-0.05, 0) is 18.6 Å². The molecule has 0 aliphatic rings. The smallest absolute Gasteiger partial charge is 0.149 e. The number of hydrogen-bond acceptors (Lipinski definition) is 2. The van der Waals surface area contributed by atoms with Gasteiger partial charge in [0.1, 0.15) is 5.75 Å². The van der Waals surface area contributed by atoms with Gasteiger partial charge >= 0.3 is 0 Å². The molecule has 0 fully saturated rings. The molecular formula is C12H17NO. The van der Waals surface area contributed by atoms with Gasteiger partial charge in [-0.2, -0.15) is 0 Å². The number of allylic oxidation sites excluding steroid dienone is 1. The van der Waals surface area contributed by atoms with Crippen LogP contribution >= 0.6 is 0 Å². The normalized spacial score (nSPS) is 9.71. The first-order valence-electron chi connectivity index (χ1n) is 4.58. The van der Waals surface area contributed by atoms with Crippen molar-refractivity contribution in [3.05, 3.63) is 30.3 Å². The fourth-order valence-corrected chi connectivity index (χ4v) is 1.43. The number of benzene rings is 1. The van der Waals surface area contributed by atoms with Crippen LogP contribution in [0.1, 0.15) is 12.5 Å². The molecule has 1 aromatic rings. The van der Waals surface area contributed by atoms with Crippen molar-refractivity contribution in [3.8, 4) is 5.75 Å². The number of hydrogen-bond donors (Lipinski definition) is 0. The highest BCUT2D eigenvalue weighted by Crippen LogP contribution is 2.33. The van der Waals surface area contributed by atoms with E-state index in [2.05, 4.69) is 6.58 Å². The molecule has 0 heterocycles. The molecule has 0 amide bonds. The summed E-state index contributed by atoms with van der Waals surface area (Å²) in [5.74, 6) is 0.894. The van der Waals surface area contributed by atoms with Crippen molar-refractivity contribution in [1.29, 1.82) is 0 Å². The van der Waals surface area contributed by atoms with Crippen molar-refractivity contribution >= 4 is 11.3 Å². The van der Waals surface area contributed by atoms with Crippen molar-refractivity contribution in [2.24, 2.45) is 0 Å². The topological polar surface area (TPSA) is 12.5 Å². The highest BCUT2D eigenvalue weighted by atomic mass is 16.5. The van der Waals surface area contributed by atoms with E-state index in [0.29, 0.717) is 0 Å². The Morgan fingerprint density at radius 1 is 1.36 bits per heavy atom. The summed E-state index contributed by atoms with van der Waals surface area (Å²) in [6.45, 7) is 5.92. The number of anilines is 1. The molecule has 0 bridgehead atoms. The fraction of sp³-hybridized carbons (Fsp3) is 0.333. The Morgan fingerprint density at radius 2 is 2.00 bits per heavy atom. The van der Waals surface area contributed by atoms with Crippen LogP contribution in [0.3, 0.4) is 0 Å². The first-order chi connectivity index (χ1) is 6.57. The van der Waals surface area contributed by atoms with Gasteiger partial charge in [0.25, 0.3) is 0 Å². The minimum Gasteiger partial charge on any atom is -0.494 e. The quantitative estimate of drug-likeness (QED) is 0.728. The third-order valence-corrected chi connectivity index (χ3v) is 2.14. The van der Waals surface area contributed by atoms with Crippen LogP contribution in [0.5, 0.6) is 5.75 Å². The van der Waals surface area contributed by atoms with Gasteiger partial charge in [0.15, 0.2) is 0 Å². The highest BCUT2D eigenvalue weighted by Gasteiger charge is 2.10. The van der Waals surface area contributed by atoms with Gasteiger partial charge in [0, 0.05) is 19.7 Å². The fourth-order valence-electron chi connectivity index (χ4n) is 1.43. The number of ether oxygens (including phenoxy) is 1. The van der Waals surface area contributed by atoms with E-state index in [-0.39, 0.29) is 0 Å². The first-order valence-corrected chi connectivity index (χ1v) is 4.58. The lowest BCUT2D eigenvalue weighted by atomic mass is 10.1. The Morgan fingerprint density at radius 3 is 2.43 bits per heavy atom. The van der Waals surface area contributed by atoms with Gasteiger partial charge in [0.2, 0.25) is 0 Å². The Bertz CT molecular complexity index is 342. The van der Waals surface area contributed by atoms with E-state index in [1.54, 1.807) is 7.11 Å². The largest absolute Gasteiger partial charge is 0.494 e. The van der Waals surface area contributed by atoms with Crippen LogP contribution in [0.25, 0.3) is 5.57 Å². The van der Waals surface area contributed by atoms with E-state index in [1.165, 1.54) is 0 Å². The molecule has 0 aliphatic heterocycles. The lowest BCUT2D eigenvalue weighted by Gasteiger charge is -2.19. The molecule has 76 valence electrons. The van der Waals surface area contributed by atoms with Gasteiger partial charge in [-0.1, -0.05) is 18.7 Å². The molecule has 14 heavy (non-hydrogen) atoms. The molecule has 0 aliphatic carbocycles. The zero-order valence-electron chi connectivity index (χ0n) is 9.29. The zero-order chi connectivity index (χ0) is 10.7. The average molecular weight is 191 g/mol. The Kier molecular flexibility index (Phi) is 3.18. The van der Waals surface area contributed by atoms with Crippen LogP contribution in [0.15, 0.2) is 24.8 Å². The zero-order valence-corrected chi connectivity index (χ0v) is 9.29. The SMILES string of the molecule is C=C(C)c1cccc(N(C)C)c1OC. The van der Waals surface area contributed by atoms with E-state index < -0.39 is 0 Å². The van der Waals surface area contributed by atoms with Gasteiger partial charge in [0.05, 0.1) is 12.8 Å². The Labute approximate surface area is 85.8 Å². The minimum atomic E-state index is 0.894. The standard InChI is InChI=1S/C12H17NO/c1-9(2)10-7-6-8-11(13(3)4)12(10)14-5/h6-8H,1H2,2-5H3. The molecule has 0 N–H and O–H groups in total. The summed E-state index contributed by atoms with van der Waals surface area (Å²) in [5, 5.41) is 0. The molecule has 2 nitrogen and oxygen atoms in total. The second-order valence-electron chi connectivity index (χ2n) is 3.53. The summed E-state index contributed by atoms with van der Waals surface area (Å²) in [6, 6.07) is 6.07. The summed E-state index contributed by atoms with van der Waals surface area (Å²) in [5.41, 5.74) is 3.16. The van der Waals surface area contributed by atoms with Crippen LogP contribution < -0.4 is 9.64 Å². The number of methoxy groups -OCH3 is 1. The second-order valence-corrected chi connectivity index (χ2v) is 3.53. The van der Waals surface area contributed by atoms with Gasteiger partial charge in [-0.15, -0.1) is 0 Å². The second kappa shape index (κ2) is 4.18. The molecule has 1 rings (SSSR count). The van der Waals surface area contributed by atoms with Crippen molar-refractivity contribution in [1.82, 2.24) is 0 Å². The summed E-state index contributed by atoms with van der Waals surface area (Å²) in [4.78, 5) is 2.03. The predicted octanol–water partition coefficient (Wildman–Crippen LogP) is 2.79. The molecule has 2 heteroatoms. The van der Waals surface area contributed by atoms with Crippen molar-refractivity contribution in [2.45, 2.75) is 6.92 Å². The number of para-hydroxylation sites is 1. The molecule has 0 spiro atoms. The van der Waals surface area contributed by atoms with Crippen molar-refractivity contribution in [2.75, 3.05) is 26.1 Å². The van der Waals surface area contributed by atoms with Gasteiger partial charge in [-0.3, -0.25) is 0 Å². The molecule has 0 unspecified atom stereocenters. The van der Waals surface area contributed by atoms with Gasteiger partial charge < -0.3 is 9.64 Å². The summed E-state index contributed by atoms with van der Waals surface area (Å²) in [6.07, 6.45) is 0.